The summed E-state index contributed by atoms with van der Waals surface area (Å²) < 4.78 is 0. The molecule has 4 nitrogen and oxygen atoms in total. The molecule has 5 heteroatoms. The Kier molecular flexibility index (Phi) is 4.84. The van der Waals surface area contributed by atoms with Crippen LogP contribution in [0.15, 0.2) is 48.5 Å². The minimum absolute atomic E-state index is 0.345. The largest absolute Gasteiger partial charge is 0.478 e. The van der Waals surface area contributed by atoms with Crippen molar-refractivity contribution in [1.29, 1.82) is 0 Å². The fraction of sp³-hybridized carbons (Fsp3) is 0.278. The molecule has 0 amide bonds. The average Bonchev–Trinajstić information content (AvgIpc) is 2.56. The van der Waals surface area contributed by atoms with Gasteiger partial charge in [-0.15, -0.1) is 0 Å². The van der Waals surface area contributed by atoms with Crippen molar-refractivity contribution >= 4 is 23.3 Å². The second kappa shape index (κ2) is 7.02. The molecule has 0 bridgehead atoms. The van der Waals surface area contributed by atoms with Crippen LogP contribution in [0.2, 0.25) is 5.02 Å². The molecule has 1 fully saturated rings. The number of anilines is 1. The van der Waals surface area contributed by atoms with Crippen molar-refractivity contribution in [1.82, 2.24) is 4.90 Å². The average molecular weight is 331 g/mol. The Hall–Kier alpha value is -2.04. The van der Waals surface area contributed by atoms with Gasteiger partial charge in [0.05, 0.1) is 16.3 Å². The van der Waals surface area contributed by atoms with Crippen molar-refractivity contribution in [3.63, 3.8) is 0 Å². The van der Waals surface area contributed by atoms with Crippen LogP contribution in [-0.4, -0.2) is 42.2 Å². The number of aromatic carboxylic acids is 1. The van der Waals surface area contributed by atoms with E-state index in [0.29, 0.717) is 5.56 Å². The lowest BCUT2D eigenvalue weighted by Gasteiger charge is -2.36. The van der Waals surface area contributed by atoms with Crippen molar-refractivity contribution in [3.8, 4) is 0 Å². The summed E-state index contributed by atoms with van der Waals surface area (Å²) in [4.78, 5) is 15.7. The summed E-state index contributed by atoms with van der Waals surface area (Å²) in [6.07, 6.45) is 0. The highest BCUT2D eigenvalue weighted by Gasteiger charge is 2.19. The Morgan fingerprint density at radius 2 is 1.78 bits per heavy atom. The summed E-state index contributed by atoms with van der Waals surface area (Å²) in [6.45, 7) is 4.48. The molecule has 0 atom stereocenters. The molecule has 0 spiro atoms. The van der Waals surface area contributed by atoms with E-state index in [0.717, 1.165) is 49.0 Å². The number of carbonyl (C=O) groups is 1. The fourth-order valence-electron chi connectivity index (χ4n) is 2.92. The number of carboxylic acids is 1. The van der Waals surface area contributed by atoms with Crippen LogP contribution in [0.4, 0.5) is 5.69 Å². The highest BCUT2D eigenvalue weighted by molar-refractivity contribution is 6.33. The van der Waals surface area contributed by atoms with Crippen LogP contribution >= 0.6 is 11.6 Å². The molecule has 0 radical (unpaired) electrons. The van der Waals surface area contributed by atoms with Crippen molar-refractivity contribution < 1.29 is 9.90 Å². The molecule has 23 heavy (non-hydrogen) atoms. The third kappa shape index (κ3) is 3.84. The fourth-order valence-corrected chi connectivity index (χ4v) is 3.17. The van der Waals surface area contributed by atoms with E-state index >= 15 is 0 Å². The highest BCUT2D eigenvalue weighted by atomic mass is 35.5. The zero-order chi connectivity index (χ0) is 16.2. The van der Waals surface area contributed by atoms with Gasteiger partial charge in [0.2, 0.25) is 0 Å². The van der Waals surface area contributed by atoms with Gasteiger partial charge in [0.15, 0.2) is 0 Å². The van der Waals surface area contributed by atoms with Crippen LogP contribution in [-0.2, 0) is 6.54 Å². The third-order valence-electron chi connectivity index (χ3n) is 4.15. The van der Waals surface area contributed by atoms with Gasteiger partial charge < -0.3 is 10.0 Å². The van der Waals surface area contributed by atoms with Gasteiger partial charge in [-0.25, -0.2) is 4.79 Å². The molecular weight excluding hydrogens is 312 g/mol. The van der Waals surface area contributed by atoms with Crippen LogP contribution in [0.1, 0.15) is 15.9 Å². The lowest BCUT2D eigenvalue weighted by atomic mass is 10.1. The summed E-state index contributed by atoms with van der Waals surface area (Å²) in [5, 5.41) is 9.86. The van der Waals surface area contributed by atoms with E-state index in [4.69, 9.17) is 16.7 Å². The van der Waals surface area contributed by atoms with Gasteiger partial charge in [-0.1, -0.05) is 35.9 Å². The van der Waals surface area contributed by atoms with Gasteiger partial charge >= 0.3 is 5.97 Å². The molecule has 0 aromatic heterocycles. The molecule has 1 aliphatic rings. The maximum absolute atomic E-state index is 11.0. The van der Waals surface area contributed by atoms with Crippen LogP contribution in [0.5, 0.6) is 0 Å². The van der Waals surface area contributed by atoms with E-state index in [-0.39, 0.29) is 0 Å². The van der Waals surface area contributed by atoms with Gasteiger partial charge in [0, 0.05) is 32.7 Å². The van der Waals surface area contributed by atoms with Crippen molar-refractivity contribution in [3.05, 3.63) is 64.7 Å². The second-order valence-corrected chi connectivity index (χ2v) is 6.13. The third-order valence-corrected chi connectivity index (χ3v) is 4.47. The molecule has 1 saturated heterocycles. The van der Waals surface area contributed by atoms with E-state index in [1.807, 2.05) is 30.3 Å². The number of hydrogen-bond acceptors (Lipinski definition) is 3. The molecule has 1 N–H and O–H groups in total. The first-order chi connectivity index (χ1) is 11.1. The van der Waals surface area contributed by atoms with Gasteiger partial charge in [-0.2, -0.15) is 0 Å². The van der Waals surface area contributed by atoms with Crippen molar-refractivity contribution in [2.24, 2.45) is 0 Å². The zero-order valence-electron chi connectivity index (χ0n) is 12.8. The van der Waals surface area contributed by atoms with E-state index < -0.39 is 5.97 Å². The number of rotatable bonds is 4. The lowest BCUT2D eigenvalue weighted by molar-refractivity contribution is 0.0696. The minimum atomic E-state index is -0.879. The number of piperazine rings is 1. The van der Waals surface area contributed by atoms with Gasteiger partial charge in [0.1, 0.15) is 0 Å². The SMILES string of the molecule is O=C(O)c1cccc(CN2CCN(c3ccccc3Cl)CC2)c1. The molecule has 1 aliphatic heterocycles. The number of para-hydroxylation sites is 1. The Labute approximate surface area is 140 Å². The maximum Gasteiger partial charge on any atom is 0.335 e. The van der Waals surface area contributed by atoms with Crippen LogP contribution in [0.3, 0.4) is 0 Å². The molecule has 1 heterocycles. The second-order valence-electron chi connectivity index (χ2n) is 5.72. The summed E-state index contributed by atoms with van der Waals surface area (Å²) in [7, 11) is 0. The minimum Gasteiger partial charge on any atom is -0.478 e. The molecular formula is C18H19ClN2O2. The predicted molar refractivity (Wildman–Crippen MR) is 92.3 cm³/mol. The van der Waals surface area contributed by atoms with Crippen LogP contribution < -0.4 is 4.90 Å². The molecule has 2 aromatic carbocycles. The topological polar surface area (TPSA) is 43.8 Å². The standard InChI is InChI=1S/C18H19ClN2O2/c19-16-6-1-2-7-17(16)21-10-8-20(9-11-21)13-14-4-3-5-15(12-14)18(22)23/h1-7,12H,8-11,13H2,(H,22,23). The predicted octanol–water partition coefficient (Wildman–Crippen LogP) is 3.36. The van der Waals surface area contributed by atoms with Crippen LogP contribution in [0, 0.1) is 0 Å². The maximum atomic E-state index is 11.0. The molecule has 2 aromatic rings. The van der Waals surface area contributed by atoms with Crippen molar-refractivity contribution in [2.75, 3.05) is 31.1 Å². The first kappa shape index (κ1) is 15.8. The first-order valence-corrected chi connectivity index (χ1v) is 8.05. The zero-order valence-corrected chi connectivity index (χ0v) is 13.5. The van der Waals surface area contributed by atoms with Gasteiger partial charge in [-0.3, -0.25) is 4.90 Å². The number of benzene rings is 2. The number of carboxylic acid groups (broad SMARTS) is 1. The molecule has 0 aliphatic carbocycles. The summed E-state index contributed by atoms with van der Waals surface area (Å²) >= 11 is 6.26. The highest BCUT2D eigenvalue weighted by Crippen LogP contribution is 2.26. The van der Waals surface area contributed by atoms with E-state index in [1.165, 1.54) is 0 Å². The van der Waals surface area contributed by atoms with Crippen LogP contribution in [0.25, 0.3) is 0 Å². The van der Waals surface area contributed by atoms with Gasteiger partial charge in [-0.05, 0) is 29.8 Å². The summed E-state index contributed by atoms with van der Waals surface area (Å²) in [6, 6.07) is 15.1. The Bertz CT molecular complexity index is 697. The Morgan fingerprint density at radius 1 is 1.04 bits per heavy atom. The summed E-state index contributed by atoms with van der Waals surface area (Å²) in [5.74, 6) is -0.879. The quantitative estimate of drug-likeness (QED) is 0.933. The van der Waals surface area contributed by atoms with Gasteiger partial charge in [0.25, 0.3) is 0 Å². The van der Waals surface area contributed by atoms with E-state index in [9.17, 15) is 4.79 Å². The molecule has 120 valence electrons. The molecule has 3 rings (SSSR count). The Balaban J connectivity index is 1.60. The Morgan fingerprint density at radius 3 is 2.48 bits per heavy atom. The first-order valence-electron chi connectivity index (χ1n) is 7.67. The number of hydrogen-bond donors (Lipinski definition) is 1. The molecule has 0 unspecified atom stereocenters. The smallest absolute Gasteiger partial charge is 0.335 e. The van der Waals surface area contributed by atoms with E-state index in [1.54, 1.807) is 18.2 Å². The molecule has 0 saturated carbocycles. The summed E-state index contributed by atoms with van der Waals surface area (Å²) in [5.41, 5.74) is 2.47. The lowest BCUT2D eigenvalue weighted by Crippen LogP contribution is -2.46. The number of halogens is 1. The number of nitrogens with zero attached hydrogens (tertiary/aromatic N) is 2. The van der Waals surface area contributed by atoms with Crippen molar-refractivity contribution in [2.45, 2.75) is 6.54 Å². The monoisotopic (exact) mass is 330 g/mol. The normalized spacial score (nSPS) is 15.6. The van der Waals surface area contributed by atoms with E-state index in [2.05, 4.69) is 9.80 Å².